The highest BCUT2D eigenvalue weighted by molar-refractivity contribution is 7.80. The van der Waals surface area contributed by atoms with Crippen molar-refractivity contribution in [2.24, 2.45) is 0 Å². The normalized spacial score (nSPS) is 8.00. The maximum atomic E-state index is 4.95. The lowest BCUT2D eigenvalue weighted by molar-refractivity contribution is 0.413. The summed E-state index contributed by atoms with van der Waals surface area (Å²) in [5.74, 6) is 0.850. The van der Waals surface area contributed by atoms with Crippen LogP contribution >= 0.6 is 12.6 Å². The van der Waals surface area contributed by atoms with Crippen LogP contribution in [0.15, 0.2) is 29.2 Å². The van der Waals surface area contributed by atoms with Crippen molar-refractivity contribution < 1.29 is 4.74 Å². The Kier molecular flexibility index (Phi) is 5.75. The second-order valence-corrected chi connectivity index (χ2v) is 2.22. The van der Waals surface area contributed by atoms with Gasteiger partial charge in [0.1, 0.15) is 5.75 Å². The van der Waals surface area contributed by atoms with Crippen LogP contribution in [0.25, 0.3) is 0 Å². The van der Waals surface area contributed by atoms with E-state index in [1.165, 1.54) is 0 Å². The Bertz CT molecular complexity index is 199. The first-order valence-corrected chi connectivity index (χ1v) is 4.10. The van der Waals surface area contributed by atoms with Crippen molar-refractivity contribution >= 4 is 12.6 Å². The molecule has 0 unspecified atom stereocenters. The minimum Gasteiger partial charge on any atom is -0.497 e. The van der Waals surface area contributed by atoms with Gasteiger partial charge in [-0.3, -0.25) is 0 Å². The lowest BCUT2D eigenvalue weighted by Gasteiger charge is -1.97. The molecule has 11 heavy (non-hydrogen) atoms. The van der Waals surface area contributed by atoms with Gasteiger partial charge in [-0.2, -0.15) is 0 Å². The largest absolute Gasteiger partial charge is 0.497 e. The van der Waals surface area contributed by atoms with Crippen LogP contribution in [0, 0.1) is 0 Å². The zero-order chi connectivity index (χ0) is 8.69. The number of hydrogen-bond donors (Lipinski definition) is 1. The molecule has 0 spiro atoms. The third-order valence-corrected chi connectivity index (χ3v) is 1.33. The van der Waals surface area contributed by atoms with E-state index < -0.39 is 0 Å². The van der Waals surface area contributed by atoms with E-state index in [1.54, 1.807) is 7.11 Å². The maximum Gasteiger partial charge on any atom is 0.119 e. The summed E-state index contributed by atoms with van der Waals surface area (Å²) in [5, 5.41) is 0. The molecule has 1 nitrogen and oxygen atoms in total. The van der Waals surface area contributed by atoms with Crippen molar-refractivity contribution in [3.63, 3.8) is 0 Å². The first-order valence-electron chi connectivity index (χ1n) is 3.66. The molecule has 0 amide bonds. The Labute approximate surface area is 73.8 Å². The molecule has 0 heterocycles. The van der Waals surface area contributed by atoms with Gasteiger partial charge in [0.05, 0.1) is 7.11 Å². The topological polar surface area (TPSA) is 9.23 Å². The van der Waals surface area contributed by atoms with Crippen LogP contribution in [0.1, 0.15) is 13.8 Å². The fraction of sp³-hybridized carbons (Fsp3) is 0.333. The Balaban J connectivity index is 0.000000461. The number of rotatable bonds is 1. The first kappa shape index (κ1) is 10.4. The molecule has 1 rings (SSSR count). The summed E-state index contributed by atoms with van der Waals surface area (Å²) in [5.41, 5.74) is 0. The van der Waals surface area contributed by atoms with Crippen molar-refractivity contribution in [2.75, 3.05) is 7.11 Å². The van der Waals surface area contributed by atoms with Gasteiger partial charge in [0.15, 0.2) is 0 Å². The average molecular weight is 170 g/mol. The summed E-state index contributed by atoms with van der Waals surface area (Å²) in [6.07, 6.45) is 0. The minimum atomic E-state index is 0.850. The Morgan fingerprint density at radius 2 is 1.91 bits per heavy atom. The first-order chi connectivity index (χ1) is 5.33. The van der Waals surface area contributed by atoms with Crippen molar-refractivity contribution in [1.82, 2.24) is 0 Å². The van der Waals surface area contributed by atoms with Gasteiger partial charge < -0.3 is 4.74 Å². The molecule has 0 aromatic heterocycles. The van der Waals surface area contributed by atoms with Gasteiger partial charge in [0.25, 0.3) is 0 Å². The lowest BCUT2D eigenvalue weighted by Crippen LogP contribution is -1.80. The highest BCUT2D eigenvalue weighted by Crippen LogP contribution is 2.14. The number of methoxy groups -OCH3 is 1. The minimum absolute atomic E-state index is 0.850. The molecular weight excluding hydrogens is 156 g/mol. The fourth-order valence-corrected chi connectivity index (χ4v) is 0.824. The monoisotopic (exact) mass is 170 g/mol. The van der Waals surface area contributed by atoms with E-state index in [9.17, 15) is 0 Å². The van der Waals surface area contributed by atoms with Crippen molar-refractivity contribution in [2.45, 2.75) is 18.7 Å². The summed E-state index contributed by atoms with van der Waals surface area (Å²) in [4.78, 5) is 0.925. The number of hydrogen-bond acceptors (Lipinski definition) is 2. The van der Waals surface area contributed by atoms with E-state index in [4.69, 9.17) is 4.74 Å². The van der Waals surface area contributed by atoms with Crippen LogP contribution in [0.2, 0.25) is 0 Å². The summed E-state index contributed by atoms with van der Waals surface area (Å²) < 4.78 is 4.95. The molecule has 0 saturated carbocycles. The highest BCUT2D eigenvalue weighted by Gasteiger charge is 1.87. The molecular formula is C9H14OS. The Hall–Kier alpha value is -0.630. The molecule has 0 aliphatic rings. The third-order valence-electron chi connectivity index (χ3n) is 1.05. The highest BCUT2D eigenvalue weighted by atomic mass is 32.1. The van der Waals surface area contributed by atoms with Crippen LogP contribution in [-0.4, -0.2) is 7.11 Å². The standard InChI is InChI=1S/C7H8OS.C2H6/c1-8-6-3-2-4-7(9)5-6;1-2/h2-5,9H,1H3;1-2H3. The second-order valence-electron chi connectivity index (χ2n) is 1.70. The predicted octanol–water partition coefficient (Wildman–Crippen LogP) is 3.01. The molecule has 62 valence electrons. The van der Waals surface area contributed by atoms with E-state index >= 15 is 0 Å². The van der Waals surface area contributed by atoms with Crippen molar-refractivity contribution in [1.29, 1.82) is 0 Å². The molecule has 0 bridgehead atoms. The third kappa shape index (κ3) is 3.94. The van der Waals surface area contributed by atoms with Crippen LogP contribution < -0.4 is 4.74 Å². The smallest absolute Gasteiger partial charge is 0.119 e. The molecule has 0 N–H and O–H groups in total. The van der Waals surface area contributed by atoms with Gasteiger partial charge in [0, 0.05) is 4.90 Å². The summed E-state index contributed by atoms with van der Waals surface area (Å²) in [6, 6.07) is 7.57. The lowest BCUT2D eigenvalue weighted by atomic mass is 10.3. The molecule has 0 aliphatic carbocycles. The molecule has 0 saturated heterocycles. The van der Waals surface area contributed by atoms with E-state index in [0.717, 1.165) is 10.6 Å². The summed E-state index contributed by atoms with van der Waals surface area (Å²) in [6.45, 7) is 4.00. The zero-order valence-corrected chi connectivity index (χ0v) is 8.06. The number of ether oxygens (including phenoxy) is 1. The van der Waals surface area contributed by atoms with Gasteiger partial charge >= 0.3 is 0 Å². The molecule has 0 aliphatic heterocycles. The van der Waals surface area contributed by atoms with Crippen LogP contribution in [-0.2, 0) is 0 Å². The second kappa shape index (κ2) is 6.10. The number of benzene rings is 1. The molecule has 0 fully saturated rings. The molecule has 0 radical (unpaired) electrons. The molecule has 0 atom stereocenters. The van der Waals surface area contributed by atoms with Crippen molar-refractivity contribution in [3.05, 3.63) is 24.3 Å². The van der Waals surface area contributed by atoms with Gasteiger partial charge in [-0.1, -0.05) is 19.9 Å². The Morgan fingerprint density at radius 3 is 2.27 bits per heavy atom. The van der Waals surface area contributed by atoms with Crippen LogP contribution in [0.4, 0.5) is 0 Å². The number of thiol groups is 1. The maximum absolute atomic E-state index is 4.95. The summed E-state index contributed by atoms with van der Waals surface area (Å²) in [7, 11) is 1.64. The predicted molar refractivity (Wildman–Crippen MR) is 51.6 cm³/mol. The molecule has 1 aromatic carbocycles. The van der Waals surface area contributed by atoms with Crippen LogP contribution in [0.3, 0.4) is 0 Å². The quantitative estimate of drug-likeness (QED) is 0.637. The SMILES string of the molecule is CC.COc1cccc(S)c1. The Morgan fingerprint density at radius 1 is 1.27 bits per heavy atom. The molecule has 1 aromatic rings. The van der Waals surface area contributed by atoms with Gasteiger partial charge in [-0.15, -0.1) is 12.6 Å². The zero-order valence-electron chi connectivity index (χ0n) is 7.16. The van der Waals surface area contributed by atoms with E-state index in [2.05, 4.69) is 12.6 Å². The van der Waals surface area contributed by atoms with E-state index in [0.29, 0.717) is 0 Å². The van der Waals surface area contributed by atoms with E-state index in [-0.39, 0.29) is 0 Å². The van der Waals surface area contributed by atoms with Crippen molar-refractivity contribution in [3.8, 4) is 5.75 Å². The fourth-order valence-electron chi connectivity index (χ4n) is 0.610. The van der Waals surface area contributed by atoms with Gasteiger partial charge in [-0.05, 0) is 18.2 Å². The summed E-state index contributed by atoms with van der Waals surface area (Å²) >= 11 is 4.13. The van der Waals surface area contributed by atoms with Crippen LogP contribution in [0.5, 0.6) is 5.75 Å². The van der Waals surface area contributed by atoms with E-state index in [1.807, 2.05) is 38.1 Å². The molecule has 2 heteroatoms. The average Bonchev–Trinajstić information content (AvgIpc) is 2.08. The van der Waals surface area contributed by atoms with Gasteiger partial charge in [0.2, 0.25) is 0 Å². The van der Waals surface area contributed by atoms with Gasteiger partial charge in [-0.25, -0.2) is 0 Å².